The Kier molecular flexibility index (Phi) is 3.88. The van der Waals surface area contributed by atoms with Gasteiger partial charge in [0.15, 0.2) is 11.5 Å². The van der Waals surface area contributed by atoms with Crippen molar-refractivity contribution < 1.29 is 9.53 Å². The summed E-state index contributed by atoms with van der Waals surface area (Å²) in [6.45, 7) is 0.169. The number of carbonyl (C=O) groups excluding carboxylic acids is 1. The maximum absolute atomic E-state index is 11.7. The average Bonchev–Trinajstić information content (AvgIpc) is 2.38. The number of nitrogen functional groups attached to an aromatic ring is 1. The number of nitrogens with zero attached hydrogens (tertiary/aromatic N) is 2. The summed E-state index contributed by atoms with van der Waals surface area (Å²) in [5, 5.41) is 0. The van der Waals surface area contributed by atoms with Crippen LogP contribution in [-0.4, -0.2) is 15.9 Å². The van der Waals surface area contributed by atoms with Crippen molar-refractivity contribution in [1.29, 1.82) is 0 Å². The lowest BCUT2D eigenvalue weighted by Crippen LogP contribution is -2.11. The molecule has 0 saturated carbocycles. The molecule has 0 unspecified atom stereocenters. The van der Waals surface area contributed by atoms with Crippen LogP contribution in [0.15, 0.2) is 41.1 Å². The van der Waals surface area contributed by atoms with Crippen LogP contribution >= 0.6 is 15.9 Å². The van der Waals surface area contributed by atoms with E-state index in [4.69, 9.17) is 10.5 Å². The summed E-state index contributed by atoms with van der Waals surface area (Å²) in [4.78, 5) is 19.3. The van der Waals surface area contributed by atoms with Crippen molar-refractivity contribution in [2.45, 2.75) is 6.61 Å². The van der Waals surface area contributed by atoms with E-state index in [0.29, 0.717) is 0 Å². The third kappa shape index (κ3) is 3.04. The minimum absolute atomic E-state index is 0.0367. The number of hydrogen-bond donors (Lipinski definition) is 1. The highest BCUT2D eigenvalue weighted by atomic mass is 79.9. The van der Waals surface area contributed by atoms with E-state index in [1.54, 1.807) is 0 Å². The molecule has 2 aromatic rings. The maximum Gasteiger partial charge on any atom is 0.361 e. The smallest absolute Gasteiger partial charge is 0.361 e. The molecule has 0 aliphatic rings. The minimum Gasteiger partial charge on any atom is -0.456 e. The number of hydrogen-bond acceptors (Lipinski definition) is 5. The quantitative estimate of drug-likeness (QED) is 0.879. The van der Waals surface area contributed by atoms with Gasteiger partial charge in [-0.1, -0.05) is 28.1 Å². The standard InChI is InChI=1S/C12H10BrN3O2/c13-9-3-1-8(2-4-9)7-18-12(17)10-11(14)16-6-5-15-10/h1-6H,7H2,(H2,14,16). The second-order valence-corrected chi connectivity index (χ2v) is 4.41. The molecular formula is C12H10BrN3O2. The molecule has 0 saturated heterocycles. The van der Waals surface area contributed by atoms with Crippen molar-refractivity contribution in [1.82, 2.24) is 9.97 Å². The first kappa shape index (κ1) is 12.5. The number of esters is 1. The number of ether oxygens (including phenoxy) is 1. The predicted molar refractivity (Wildman–Crippen MR) is 69.7 cm³/mol. The van der Waals surface area contributed by atoms with Crippen LogP contribution in [0.5, 0.6) is 0 Å². The zero-order valence-corrected chi connectivity index (χ0v) is 10.9. The van der Waals surface area contributed by atoms with Gasteiger partial charge in [-0.2, -0.15) is 0 Å². The number of halogens is 1. The van der Waals surface area contributed by atoms with Gasteiger partial charge in [-0.25, -0.2) is 14.8 Å². The summed E-state index contributed by atoms with van der Waals surface area (Å²) in [6.07, 6.45) is 2.81. The Morgan fingerprint density at radius 1 is 1.22 bits per heavy atom. The normalized spacial score (nSPS) is 10.1. The van der Waals surface area contributed by atoms with Gasteiger partial charge >= 0.3 is 5.97 Å². The lowest BCUT2D eigenvalue weighted by Gasteiger charge is -2.05. The number of nitrogens with two attached hydrogens (primary N) is 1. The first-order chi connectivity index (χ1) is 8.66. The van der Waals surface area contributed by atoms with Crippen molar-refractivity contribution in [3.63, 3.8) is 0 Å². The highest BCUT2D eigenvalue weighted by Crippen LogP contribution is 2.12. The van der Waals surface area contributed by atoms with Crippen molar-refractivity contribution >= 4 is 27.7 Å². The van der Waals surface area contributed by atoms with E-state index in [1.807, 2.05) is 24.3 Å². The van der Waals surface area contributed by atoms with Crippen LogP contribution in [0.4, 0.5) is 5.82 Å². The fourth-order valence-corrected chi connectivity index (χ4v) is 1.57. The molecule has 1 aromatic heterocycles. The number of benzene rings is 1. The van der Waals surface area contributed by atoms with Crippen LogP contribution in [0, 0.1) is 0 Å². The van der Waals surface area contributed by atoms with Gasteiger partial charge in [0, 0.05) is 16.9 Å². The van der Waals surface area contributed by atoms with E-state index in [1.165, 1.54) is 12.4 Å². The lowest BCUT2D eigenvalue weighted by atomic mass is 10.2. The minimum atomic E-state index is -0.580. The zero-order valence-electron chi connectivity index (χ0n) is 9.34. The number of rotatable bonds is 3. The van der Waals surface area contributed by atoms with E-state index in [-0.39, 0.29) is 18.1 Å². The molecule has 1 aromatic carbocycles. The van der Waals surface area contributed by atoms with Crippen molar-refractivity contribution in [2.75, 3.05) is 5.73 Å². The van der Waals surface area contributed by atoms with Crippen LogP contribution in [0.3, 0.4) is 0 Å². The molecule has 1 heterocycles. The van der Waals surface area contributed by atoms with E-state index in [0.717, 1.165) is 10.0 Å². The van der Waals surface area contributed by atoms with E-state index >= 15 is 0 Å². The number of aromatic nitrogens is 2. The molecule has 6 heteroatoms. The molecule has 18 heavy (non-hydrogen) atoms. The molecule has 0 bridgehead atoms. The second-order valence-electron chi connectivity index (χ2n) is 3.49. The van der Waals surface area contributed by atoms with Gasteiger partial charge in [-0.15, -0.1) is 0 Å². The van der Waals surface area contributed by atoms with Gasteiger partial charge < -0.3 is 10.5 Å². The summed E-state index contributed by atoms with van der Waals surface area (Å²) >= 11 is 3.33. The third-order valence-electron chi connectivity index (χ3n) is 2.20. The molecule has 0 aliphatic carbocycles. The predicted octanol–water partition coefficient (Wildman–Crippen LogP) is 2.18. The van der Waals surface area contributed by atoms with Crippen LogP contribution in [0.1, 0.15) is 16.1 Å². The SMILES string of the molecule is Nc1nccnc1C(=O)OCc1ccc(Br)cc1. The Morgan fingerprint density at radius 3 is 2.56 bits per heavy atom. The Bertz CT molecular complexity index is 558. The van der Waals surface area contributed by atoms with Gasteiger partial charge in [-0.05, 0) is 17.7 Å². The van der Waals surface area contributed by atoms with Gasteiger partial charge in [0.05, 0.1) is 0 Å². The first-order valence-electron chi connectivity index (χ1n) is 5.15. The van der Waals surface area contributed by atoms with Crippen molar-refractivity contribution in [3.05, 3.63) is 52.4 Å². The molecule has 5 nitrogen and oxygen atoms in total. The Labute approximate surface area is 112 Å². The van der Waals surface area contributed by atoms with Gasteiger partial charge in [0.25, 0.3) is 0 Å². The van der Waals surface area contributed by atoms with E-state index < -0.39 is 5.97 Å². The summed E-state index contributed by atoms with van der Waals surface area (Å²) in [5.41, 5.74) is 6.45. The molecule has 0 fully saturated rings. The third-order valence-corrected chi connectivity index (χ3v) is 2.73. The number of carbonyl (C=O) groups is 1. The molecular weight excluding hydrogens is 298 g/mol. The van der Waals surface area contributed by atoms with Gasteiger partial charge in [-0.3, -0.25) is 0 Å². The lowest BCUT2D eigenvalue weighted by molar-refractivity contribution is 0.0466. The van der Waals surface area contributed by atoms with E-state index in [2.05, 4.69) is 25.9 Å². The summed E-state index contributed by atoms with van der Waals surface area (Å²) in [5.74, 6) is -0.512. The molecule has 2 N–H and O–H groups in total. The largest absolute Gasteiger partial charge is 0.456 e. The molecule has 0 atom stereocenters. The molecule has 0 spiro atoms. The average molecular weight is 308 g/mol. The summed E-state index contributed by atoms with van der Waals surface area (Å²) < 4.78 is 6.07. The number of anilines is 1. The second kappa shape index (κ2) is 5.59. The Balaban J connectivity index is 2.01. The zero-order chi connectivity index (χ0) is 13.0. The Morgan fingerprint density at radius 2 is 1.89 bits per heavy atom. The van der Waals surface area contributed by atoms with Gasteiger partial charge in [0.1, 0.15) is 6.61 Å². The van der Waals surface area contributed by atoms with Crippen molar-refractivity contribution in [3.8, 4) is 0 Å². The maximum atomic E-state index is 11.7. The summed E-state index contributed by atoms with van der Waals surface area (Å²) in [6, 6.07) is 7.47. The van der Waals surface area contributed by atoms with Crippen LogP contribution in [0.25, 0.3) is 0 Å². The molecule has 0 aliphatic heterocycles. The summed E-state index contributed by atoms with van der Waals surface area (Å²) in [7, 11) is 0. The Hall–Kier alpha value is -1.95. The van der Waals surface area contributed by atoms with E-state index in [9.17, 15) is 4.79 Å². The molecule has 0 amide bonds. The fraction of sp³-hybridized carbons (Fsp3) is 0.0833. The van der Waals surface area contributed by atoms with Gasteiger partial charge in [0.2, 0.25) is 0 Å². The highest BCUT2D eigenvalue weighted by molar-refractivity contribution is 9.10. The first-order valence-corrected chi connectivity index (χ1v) is 5.94. The molecule has 92 valence electrons. The van der Waals surface area contributed by atoms with Crippen LogP contribution in [0.2, 0.25) is 0 Å². The molecule has 0 radical (unpaired) electrons. The fourth-order valence-electron chi connectivity index (χ4n) is 1.30. The van der Waals surface area contributed by atoms with Crippen molar-refractivity contribution in [2.24, 2.45) is 0 Å². The molecule has 2 rings (SSSR count). The van der Waals surface area contributed by atoms with Crippen LogP contribution in [-0.2, 0) is 11.3 Å². The monoisotopic (exact) mass is 307 g/mol. The van der Waals surface area contributed by atoms with Crippen LogP contribution < -0.4 is 5.73 Å². The topological polar surface area (TPSA) is 78.1 Å². The highest BCUT2D eigenvalue weighted by Gasteiger charge is 2.13.